The molecule has 5 heteroatoms. The fraction of sp³-hybridized carbons (Fsp3) is 0.208. The van der Waals surface area contributed by atoms with Crippen molar-refractivity contribution in [3.63, 3.8) is 0 Å². The molecular weight excluding hydrogens is 381 g/mol. The Labute approximate surface area is 171 Å². The van der Waals surface area contributed by atoms with E-state index in [-0.39, 0.29) is 6.04 Å². The molecule has 0 unspecified atom stereocenters. The first-order valence-electron chi connectivity index (χ1n) is 9.79. The lowest BCUT2D eigenvalue weighted by molar-refractivity contribution is 0.291. The molecule has 1 aliphatic heterocycles. The molecule has 29 heavy (non-hydrogen) atoms. The topological polar surface area (TPSA) is 47.9 Å². The van der Waals surface area contributed by atoms with Crippen molar-refractivity contribution >= 4 is 23.9 Å². The van der Waals surface area contributed by atoms with Gasteiger partial charge in [-0.05, 0) is 42.3 Å². The monoisotopic (exact) mass is 405 g/mol. The van der Waals surface area contributed by atoms with Crippen LogP contribution in [0.15, 0.2) is 89.9 Å². The van der Waals surface area contributed by atoms with Gasteiger partial charge in [0.2, 0.25) is 5.90 Å². The molecule has 0 saturated carbocycles. The Balaban J connectivity index is 1.77. The lowest BCUT2D eigenvalue weighted by Gasteiger charge is -2.22. The number of hydrogen-bond acceptors (Lipinski definition) is 4. The van der Waals surface area contributed by atoms with E-state index in [0.29, 0.717) is 34.8 Å². The van der Waals surface area contributed by atoms with Crippen LogP contribution in [0.1, 0.15) is 19.4 Å². The van der Waals surface area contributed by atoms with Gasteiger partial charge in [0.25, 0.3) is 0 Å². The van der Waals surface area contributed by atoms with Crippen molar-refractivity contribution in [2.24, 2.45) is 10.9 Å². The lowest BCUT2D eigenvalue weighted by Crippen LogP contribution is -2.20. The summed E-state index contributed by atoms with van der Waals surface area (Å²) in [6.07, 6.45) is 0. The molecule has 148 valence electrons. The molecule has 0 aromatic heterocycles. The van der Waals surface area contributed by atoms with Gasteiger partial charge in [-0.25, -0.2) is 4.99 Å². The Morgan fingerprint density at radius 3 is 2.00 bits per heavy atom. The summed E-state index contributed by atoms with van der Waals surface area (Å²) in [5.41, 5.74) is 0.725. The van der Waals surface area contributed by atoms with Crippen LogP contribution in [0.3, 0.4) is 0 Å². The van der Waals surface area contributed by atoms with Gasteiger partial charge in [0, 0.05) is 0 Å². The zero-order valence-electron chi connectivity index (χ0n) is 16.6. The van der Waals surface area contributed by atoms with E-state index >= 15 is 0 Å². The summed E-state index contributed by atoms with van der Waals surface area (Å²) in [5.74, 6) is 1.44. The van der Waals surface area contributed by atoms with E-state index in [1.807, 2.05) is 84.9 Å². The fourth-order valence-corrected chi connectivity index (χ4v) is 5.32. The highest BCUT2D eigenvalue weighted by Gasteiger charge is 2.32. The van der Waals surface area contributed by atoms with Crippen LogP contribution in [-0.4, -0.2) is 18.5 Å². The van der Waals surface area contributed by atoms with E-state index < -0.39 is 7.37 Å². The predicted octanol–water partition coefficient (Wildman–Crippen LogP) is 4.80. The maximum Gasteiger partial charge on any atom is 0.306 e. The molecule has 0 N–H and O–H groups in total. The summed E-state index contributed by atoms with van der Waals surface area (Å²) >= 11 is 0. The van der Waals surface area contributed by atoms with Crippen LogP contribution < -0.4 is 15.1 Å². The summed E-state index contributed by atoms with van der Waals surface area (Å²) in [6, 6.07) is 26.3. The first-order valence-corrected chi connectivity index (χ1v) is 11.4. The van der Waals surface area contributed by atoms with Gasteiger partial charge in [0.15, 0.2) is 0 Å². The minimum Gasteiger partial charge on any atom is -0.475 e. The van der Waals surface area contributed by atoms with Crippen LogP contribution in [0.4, 0.5) is 0 Å². The van der Waals surface area contributed by atoms with Gasteiger partial charge in [-0.2, -0.15) is 0 Å². The average Bonchev–Trinajstić information content (AvgIpc) is 3.26. The highest BCUT2D eigenvalue weighted by molar-refractivity contribution is 7.74. The minimum atomic E-state index is -3.36. The summed E-state index contributed by atoms with van der Waals surface area (Å²) in [4.78, 5) is 4.72. The van der Waals surface area contributed by atoms with Crippen molar-refractivity contribution in [2.45, 2.75) is 19.9 Å². The van der Waals surface area contributed by atoms with Gasteiger partial charge in [-0.3, -0.25) is 4.57 Å². The molecule has 0 aliphatic carbocycles. The second kappa shape index (κ2) is 8.26. The normalized spacial score (nSPS) is 16.4. The third-order valence-corrected chi connectivity index (χ3v) is 7.39. The van der Waals surface area contributed by atoms with E-state index in [2.05, 4.69) is 13.8 Å². The van der Waals surface area contributed by atoms with Crippen LogP contribution in [0.2, 0.25) is 0 Å². The van der Waals surface area contributed by atoms with Crippen LogP contribution in [0, 0.1) is 5.92 Å². The van der Waals surface area contributed by atoms with Crippen molar-refractivity contribution < 1.29 is 13.8 Å². The van der Waals surface area contributed by atoms with E-state index in [1.165, 1.54) is 0 Å². The van der Waals surface area contributed by atoms with Crippen LogP contribution in [0.5, 0.6) is 5.75 Å². The molecule has 1 aliphatic rings. The molecule has 0 radical (unpaired) electrons. The number of rotatable bonds is 6. The van der Waals surface area contributed by atoms with Gasteiger partial charge in [-0.1, -0.05) is 62.4 Å². The molecular formula is C24H24NO3P. The molecule has 3 aromatic carbocycles. The summed E-state index contributed by atoms with van der Waals surface area (Å²) in [5, 5.41) is 1.30. The van der Waals surface area contributed by atoms with E-state index in [1.54, 1.807) is 0 Å². The Morgan fingerprint density at radius 2 is 1.45 bits per heavy atom. The molecule has 0 bridgehead atoms. The first-order chi connectivity index (χ1) is 14.1. The fourth-order valence-electron chi connectivity index (χ4n) is 3.24. The van der Waals surface area contributed by atoms with Crippen molar-refractivity contribution in [3.05, 3.63) is 90.5 Å². The largest absolute Gasteiger partial charge is 0.475 e. The Kier molecular flexibility index (Phi) is 5.55. The smallest absolute Gasteiger partial charge is 0.306 e. The van der Waals surface area contributed by atoms with Gasteiger partial charge >= 0.3 is 7.37 Å². The standard InChI is InChI=1S/C24H24NO3P/c1-18(2)22-17-27-24(25-22)21-15-9-10-16-23(21)28-29(26,19-11-5-3-6-12-19)20-13-7-4-8-14-20/h3-16,18,22H,17H2,1-2H3/t22-/m1/s1. The maximum absolute atomic E-state index is 14.2. The predicted molar refractivity (Wildman–Crippen MR) is 118 cm³/mol. The highest BCUT2D eigenvalue weighted by atomic mass is 31.2. The lowest BCUT2D eigenvalue weighted by atomic mass is 10.1. The average molecular weight is 405 g/mol. The van der Waals surface area contributed by atoms with Crippen molar-refractivity contribution in [3.8, 4) is 5.75 Å². The summed E-state index contributed by atoms with van der Waals surface area (Å²) in [6.45, 7) is 4.81. The van der Waals surface area contributed by atoms with Crippen molar-refractivity contribution in [1.29, 1.82) is 0 Å². The zero-order chi connectivity index (χ0) is 20.3. The molecule has 0 fully saturated rings. The minimum absolute atomic E-state index is 0.119. The van der Waals surface area contributed by atoms with Gasteiger partial charge in [-0.15, -0.1) is 0 Å². The molecule has 0 amide bonds. The van der Waals surface area contributed by atoms with E-state index in [9.17, 15) is 4.57 Å². The third-order valence-electron chi connectivity index (χ3n) is 4.98. The van der Waals surface area contributed by atoms with Gasteiger partial charge in [0.1, 0.15) is 12.4 Å². The SMILES string of the molecule is CC(C)[C@H]1COC(c2ccccc2OP(=O)(c2ccccc2)c2ccccc2)=N1. The molecule has 3 aromatic rings. The molecule has 1 heterocycles. The number of ether oxygens (including phenoxy) is 1. The van der Waals surface area contributed by atoms with Crippen LogP contribution in [0.25, 0.3) is 0 Å². The van der Waals surface area contributed by atoms with Gasteiger partial charge in [0.05, 0.1) is 22.2 Å². The van der Waals surface area contributed by atoms with Crippen molar-refractivity contribution in [1.82, 2.24) is 0 Å². The first kappa shape index (κ1) is 19.5. The summed E-state index contributed by atoms with van der Waals surface area (Å²) < 4.78 is 26.4. The zero-order valence-corrected chi connectivity index (χ0v) is 17.5. The number of aliphatic imine (C=N–C) groups is 1. The molecule has 0 spiro atoms. The van der Waals surface area contributed by atoms with Crippen molar-refractivity contribution in [2.75, 3.05) is 6.61 Å². The maximum atomic E-state index is 14.2. The van der Waals surface area contributed by atoms with E-state index in [4.69, 9.17) is 14.3 Å². The van der Waals surface area contributed by atoms with Gasteiger partial charge < -0.3 is 9.26 Å². The van der Waals surface area contributed by atoms with E-state index in [0.717, 1.165) is 5.56 Å². The third kappa shape index (κ3) is 3.99. The number of benzene rings is 3. The molecule has 4 rings (SSSR count). The molecule has 0 saturated heterocycles. The van der Waals surface area contributed by atoms with Crippen LogP contribution in [-0.2, 0) is 9.30 Å². The van der Waals surface area contributed by atoms with Crippen LogP contribution >= 0.6 is 7.37 Å². The Morgan fingerprint density at radius 1 is 0.897 bits per heavy atom. The number of nitrogens with zero attached hydrogens (tertiary/aromatic N) is 1. The Hall–Kier alpha value is -2.84. The summed E-state index contributed by atoms with van der Waals surface area (Å²) in [7, 11) is -3.36. The number of hydrogen-bond donors (Lipinski definition) is 0. The second-order valence-electron chi connectivity index (χ2n) is 7.37. The molecule has 4 nitrogen and oxygen atoms in total. The Bertz CT molecular complexity index is 1000. The molecule has 1 atom stereocenters. The number of para-hydroxylation sites is 1. The highest BCUT2D eigenvalue weighted by Crippen LogP contribution is 2.46. The second-order valence-corrected chi connectivity index (χ2v) is 9.68. The quantitative estimate of drug-likeness (QED) is 0.554.